The Morgan fingerprint density at radius 3 is 2.58 bits per heavy atom. The van der Waals surface area contributed by atoms with Crippen LogP contribution in [0.25, 0.3) is 10.9 Å². The number of aryl methyl sites for hydroxylation is 2. The molecule has 2 aromatic rings. The second-order valence-electron chi connectivity index (χ2n) is 4.34. The maximum atomic E-state index is 12.7. The van der Waals surface area contributed by atoms with Crippen LogP contribution in [0.5, 0.6) is 0 Å². The van der Waals surface area contributed by atoms with E-state index in [0.717, 1.165) is 12.1 Å². The molecule has 0 radical (unpaired) electrons. The summed E-state index contributed by atoms with van der Waals surface area (Å²) in [5.74, 6) is 0.555. The van der Waals surface area contributed by atoms with Gasteiger partial charge in [-0.15, -0.1) is 0 Å². The monoisotopic (exact) mass is 269 g/mol. The van der Waals surface area contributed by atoms with Crippen LogP contribution in [0.4, 0.5) is 13.2 Å². The van der Waals surface area contributed by atoms with E-state index in [0.29, 0.717) is 41.8 Å². The summed E-state index contributed by atoms with van der Waals surface area (Å²) < 4.78 is 38.2. The Kier molecular flexibility index (Phi) is 3.71. The van der Waals surface area contributed by atoms with Gasteiger partial charge in [0, 0.05) is 5.39 Å². The molecule has 1 heterocycles. The lowest BCUT2D eigenvalue weighted by Gasteiger charge is -2.10. The Balaban J connectivity index is 2.58. The van der Waals surface area contributed by atoms with Gasteiger partial charge in [0.2, 0.25) is 0 Å². The number of rotatable bonds is 3. The lowest BCUT2D eigenvalue weighted by atomic mass is 10.1. The predicted molar refractivity (Wildman–Crippen MR) is 66.7 cm³/mol. The van der Waals surface area contributed by atoms with Gasteiger partial charge in [0.05, 0.1) is 16.8 Å². The minimum Gasteiger partial charge on any atom is -0.330 e. The van der Waals surface area contributed by atoms with Crippen LogP contribution in [0, 0.1) is 6.92 Å². The third-order valence-electron chi connectivity index (χ3n) is 2.83. The van der Waals surface area contributed by atoms with E-state index in [2.05, 4.69) is 9.97 Å². The minimum atomic E-state index is -4.36. The Morgan fingerprint density at radius 1 is 1.21 bits per heavy atom. The van der Waals surface area contributed by atoms with Crippen molar-refractivity contribution in [3.05, 3.63) is 35.3 Å². The van der Waals surface area contributed by atoms with Crippen LogP contribution >= 0.6 is 0 Å². The molecule has 3 nitrogen and oxygen atoms in total. The van der Waals surface area contributed by atoms with Crippen molar-refractivity contribution in [1.82, 2.24) is 9.97 Å². The first-order valence-corrected chi connectivity index (χ1v) is 5.96. The van der Waals surface area contributed by atoms with Crippen molar-refractivity contribution in [3.8, 4) is 0 Å². The largest absolute Gasteiger partial charge is 0.416 e. The van der Waals surface area contributed by atoms with E-state index in [9.17, 15) is 13.2 Å². The molecule has 6 heteroatoms. The third-order valence-corrected chi connectivity index (χ3v) is 2.83. The maximum absolute atomic E-state index is 12.7. The van der Waals surface area contributed by atoms with Gasteiger partial charge < -0.3 is 5.73 Å². The van der Waals surface area contributed by atoms with Crippen LogP contribution in [0.2, 0.25) is 0 Å². The molecule has 0 atom stereocenters. The van der Waals surface area contributed by atoms with Gasteiger partial charge in [-0.3, -0.25) is 0 Å². The van der Waals surface area contributed by atoms with Crippen molar-refractivity contribution in [2.24, 2.45) is 5.73 Å². The molecule has 19 heavy (non-hydrogen) atoms. The van der Waals surface area contributed by atoms with E-state index in [-0.39, 0.29) is 0 Å². The zero-order chi connectivity index (χ0) is 14.0. The molecule has 0 unspecified atom stereocenters. The smallest absolute Gasteiger partial charge is 0.330 e. The van der Waals surface area contributed by atoms with Crippen LogP contribution in [-0.4, -0.2) is 16.5 Å². The van der Waals surface area contributed by atoms with Gasteiger partial charge in [-0.05, 0) is 44.5 Å². The zero-order valence-electron chi connectivity index (χ0n) is 10.5. The fourth-order valence-electron chi connectivity index (χ4n) is 1.96. The van der Waals surface area contributed by atoms with E-state index in [1.807, 2.05) is 0 Å². The number of halogens is 3. The van der Waals surface area contributed by atoms with Gasteiger partial charge in [-0.2, -0.15) is 13.2 Å². The number of hydrogen-bond donors (Lipinski definition) is 1. The molecule has 0 amide bonds. The van der Waals surface area contributed by atoms with Gasteiger partial charge in [0.15, 0.2) is 0 Å². The summed E-state index contributed by atoms with van der Waals surface area (Å²) in [4.78, 5) is 8.39. The molecule has 1 aromatic heterocycles. The van der Waals surface area contributed by atoms with Gasteiger partial charge in [-0.25, -0.2) is 9.97 Å². The number of fused-ring (bicyclic) bond motifs is 1. The molecule has 0 saturated heterocycles. The molecule has 0 aliphatic carbocycles. The highest BCUT2D eigenvalue weighted by Crippen LogP contribution is 2.31. The number of nitrogens with zero attached hydrogens (tertiary/aromatic N) is 2. The maximum Gasteiger partial charge on any atom is 0.416 e. The molecule has 0 fully saturated rings. The van der Waals surface area contributed by atoms with Crippen molar-refractivity contribution in [2.45, 2.75) is 25.9 Å². The summed E-state index contributed by atoms with van der Waals surface area (Å²) >= 11 is 0. The summed E-state index contributed by atoms with van der Waals surface area (Å²) in [6.45, 7) is 2.20. The summed E-state index contributed by atoms with van der Waals surface area (Å²) in [5, 5.41) is 0.453. The number of nitrogens with two attached hydrogens (primary N) is 1. The van der Waals surface area contributed by atoms with Crippen molar-refractivity contribution >= 4 is 10.9 Å². The standard InChI is InChI=1S/C13H14F3N3/c1-8-18-11(3-2-6-17)10-7-9(13(14,15)16)4-5-12(10)19-8/h4-5,7H,2-3,6,17H2,1H3. The Labute approximate surface area is 108 Å². The van der Waals surface area contributed by atoms with Crippen LogP contribution in [0.15, 0.2) is 18.2 Å². The highest BCUT2D eigenvalue weighted by molar-refractivity contribution is 5.81. The molecule has 2 rings (SSSR count). The number of aromatic nitrogens is 2. The topological polar surface area (TPSA) is 51.8 Å². The zero-order valence-corrected chi connectivity index (χ0v) is 10.5. The third kappa shape index (κ3) is 3.01. The highest BCUT2D eigenvalue weighted by atomic mass is 19.4. The average molecular weight is 269 g/mol. The molecular weight excluding hydrogens is 255 g/mol. The highest BCUT2D eigenvalue weighted by Gasteiger charge is 2.30. The molecule has 2 N–H and O–H groups in total. The lowest BCUT2D eigenvalue weighted by Crippen LogP contribution is -2.07. The Hall–Kier alpha value is -1.69. The second kappa shape index (κ2) is 5.13. The fourth-order valence-corrected chi connectivity index (χ4v) is 1.96. The van der Waals surface area contributed by atoms with E-state index in [1.165, 1.54) is 6.07 Å². The molecule has 0 spiro atoms. The molecule has 0 aliphatic rings. The molecule has 102 valence electrons. The van der Waals surface area contributed by atoms with E-state index < -0.39 is 11.7 Å². The second-order valence-corrected chi connectivity index (χ2v) is 4.34. The van der Waals surface area contributed by atoms with Crippen molar-refractivity contribution < 1.29 is 13.2 Å². The molecule has 0 aliphatic heterocycles. The summed E-state index contributed by atoms with van der Waals surface area (Å²) in [6, 6.07) is 3.54. The number of hydrogen-bond acceptors (Lipinski definition) is 3. The van der Waals surface area contributed by atoms with E-state index in [1.54, 1.807) is 6.92 Å². The number of alkyl halides is 3. The van der Waals surface area contributed by atoms with Gasteiger partial charge in [0.1, 0.15) is 5.82 Å². The quantitative estimate of drug-likeness (QED) is 0.932. The van der Waals surface area contributed by atoms with Crippen LogP contribution in [0.1, 0.15) is 23.5 Å². The summed E-state index contributed by atoms with van der Waals surface area (Å²) in [5.41, 5.74) is 5.91. The normalized spacial score (nSPS) is 12.1. The van der Waals surface area contributed by atoms with Crippen LogP contribution < -0.4 is 5.73 Å². The Bertz CT molecular complexity index is 593. The first-order valence-electron chi connectivity index (χ1n) is 5.96. The summed E-state index contributed by atoms with van der Waals surface area (Å²) in [7, 11) is 0. The molecule has 0 bridgehead atoms. The first-order chi connectivity index (χ1) is 8.91. The fraction of sp³-hybridized carbons (Fsp3) is 0.385. The van der Waals surface area contributed by atoms with Crippen molar-refractivity contribution in [2.75, 3.05) is 6.54 Å². The van der Waals surface area contributed by atoms with Crippen LogP contribution in [0.3, 0.4) is 0 Å². The Morgan fingerprint density at radius 2 is 1.95 bits per heavy atom. The molecular formula is C13H14F3N3. The minimum absolute atomic E-state index is 0.453. The van der Waals surface area contributed by atoms with E-state index >= 15 is 0 Å². The van der Waals surface area contributed by atoms with Gasteiger partial charge >= 0.3 is 6.18 Å². The number of benzene rings is 1. The van der Waals surface area contributed by atoms with Crippen molar-refractivity contribution in [3.63, 3.8) is 0 Å². The average Bonchev–Trinajstić information content (AvgIpc) is 2.34. The van der Waals surface area contributed by atoms with Gasteiger partial charge in [-0.1, -0.05) is 0 Å². The molecule has 0 saturated carbocycles. The predicted octanol–water partition coefficient (Wildman–Crippen LogP) is 2.85. The van der Waals surface area contributed by atoms with Crippen LogP contribution in [-0.2, 0) is 12.6 Å². The van der Waals surface area contributed by atoms with Crippen molar-refractivity contribution in [1.29, 1.82) is 0 Å². The van der Waals surface area contributed by atoms with Gasteiger partial charge in [0.25, 0.3) is 0 Å². The first kappa shape index (κ1) is 13.7. The molecule has 1 aromatic carbocycles. The summed E-state index contributed by atoms with van der Waals surface area (Å²) in [6.07, 6.45) is -3.12. The lowest BCUT2D eigenvalue weighted by molar-refractivity contribution is -0.137. The van der Waals surface area contributed by atoms with E-state index in [4.69, 9.17) is 5.73 Å². The SMILES string of the molecule is Cc1nc(CCCN)c2cc(C(F)(F)F)ccc2n1.